The first kappa shape index (κ1) is 22.5. The number of aryl methyl sites for hydroxylation is 2. The van der Waals surface area contributed by atoms with Crippen LogP contribution in [0.2, 0.25) is 0 Å². The summed E-state index contributed by atoms with van der Waals surface area (Å²) in [5, 5.41) is 3.51. The number of hydrogen-bond acceptors (Lipinski definition) is 3. The zero-order valence-electron chi connectivity index (χ0n) is 16.9. The van der Waals surface area contributed by atoms with E-state index in [-0.39, 0.29) is 24.0 Å². The summed E-state index contributed by atoms with van der Waals surface area (Å²) in [5.41, 5.74) is 0. The maximum Gasteiger partial charge on any atom is 0.193 e. The van der Waals surface area contributed by atoms with Crippen LogP contribution in [0.1, 0.15) is 31.5 Å². The van der Waals surface area contributed by atoms with Crippen LogP contribution in [-0.4, -0.2) is 53.2 Å². The number of imidazole rings is 1. The van der Waals surface area contributed by atoms with Gasteiger partial charge in [-0.2, -0.15) is 0 Å². The van der Waals surface area contributed by atoms with E-state index in [0.717, 1.165) is 69.4 Å². The minimum atomic E-state index is 0. The Morgan fingerprint density at radius 1 is 1.21 bits per heavy atom. The number of rotatable bonds is 7. The molecule has 0 saturated carbocycles. The Labute approximate surface area is 185 Å². The van der Waals surface area contributed by atoms with Gasteiger partial charge in [-0.25, -0.2) is 4.98 Å². The zero-order chi connectivity index (χ0) is 18.9. The van der Waals surface area contributed by atoms with E-state index >= 15 is 0 Å². The van der Waals surface area contributed by atoms with Gasteiger partial charge in [0, 0.05) is 58.5 Å². The number of piperidine rings is 1. The molecule has 0 unspecified atom stereocenters. The average molecular weight is 497 g/mol. The van der Waals surface area contributed by atoms with E-state index in [0.29, 0.717) is 6.10 Å². The number of nitrogens with zero attached hydrogens (tertiary/aromatic N) is 4. The molecule has 1 N–H and O–H groups in total. The van der Waals surface area contributed by atoms with Gasteiger partial charge in [0.05, 0.1) is 0 Å². The lowest BCUT2D eigenvalue weighted by Crippen LogP contribution is -2.47. The first-order valence-corrected chi connectivity index (χ1v) is 9.91. The van der Waals surface area contributed by atoms with Crippen molar-refractivity contribution < 1.29 is 4.74 Å². The summed E-state index contributed by atoms with van der Waals surface area (Å²) in [6.07, 6.45) is 8.49. The Kier molecular flexibility index (Phi) is 9.60. The number of likely N-dealkylation sites (tertiary alicyclic amines) is 1. The quantitative estimate of drug-likeness (QED) is 0.274. The molecule has 2 heterocycles. The molecule has 1 aliphatic rings. The molecule has 0 amide bonds. The first-order valence-electron chi connectivity index (χ1n) is 9.91. The van der Waals surface area contributed by atoms with Crippen molar-refractivity contribution in [2.75, 3.05) is 26.7 Å². The number of aromatic nitrogens is 2. The van der Waals surface area contributed by atoms with E-state index in [9.17, 15) is 0 Å². The van der Waals surface area contributed by atoms with E-state index in [1.54, 1.807) is 0 Å². The molecule has 6 nitrogen and oxygen atoms in total. The summed E-state index contributed by atoms with van der Waals surface area (Å²) in [4.78, 5) is 11.1. The summed E-state index contributed by atoms with van der Waals surface area (Å²) in [6, 6.07) is 10.1. The zero-order valence-corrected chi connectivity index (χ0v) is 19.2. The Morgan fingerprint density at radius 2 is 1.96 bits per heavy atom. The Bertz CT molecular complexity index is 711. The van der Waals surface area contributed by atoms with Crippen molar-refractivity contribution >= 4 is 29.9 Å². The highest BCUT2D eigenvalue weighted by Crippen LogP contribution is 2.18. The van der Waals surface area contributed by atoms with Crippen molar-refractivity contribution in [3.63, 3.8) is 0 Å². The van der Waals surface area contributed by atoms with Crippen LogP contribution < -0.4 is 10.1 Å². The fourth-order valence-electron chi connectivity index (χ4n) is 3.46. The van der Waals surface area contributed by atoms with Gasteiger partial charge in [-0.15, -0.1) is 24.0 Å². The molecule has 0 spiro atoms. The molecule has 1 saturated heterocycles. The van der Waals surface area contributed by atoms with Crippen molar-refractivity contribution in [1.29, 1.82) is 0 Å². The van der Waals surface area contributed by atoms with Gasteiger partial charge in [-0.05, 0) is 31.9 Å². The lowest BCUT2D eigenvalue weighted by molar-refractivity contribution is 0.129. The van der Waals surface area contributed by atoms with Crippen molar-refractivity contribution in [3.05, 3.63) is 48.5 Å². The molecule has 28 heavy (non-hydrogen) atoms. The van der Waals surface area contributed by atoms with Gasteiger partial charge >= 0.3 is 0 Å². The largest absolute Gasteiger partial charge is 0.490 e. The molecule has 7 heteroatoms. The van der Waals surface area contributed by atoms with Gasteiger partial charge < -0.3 is 19.5 Å². The highest BCUT2D eigenvalue weighted by Gasteiger charge is 2.22. The number of hydrogen-bond donors (Lipinski definition) is 1. The summed E-state index contributed by atoms with van der Waals surface area (Å²) < 4.78 is 8.28. The van der Waals surface area contributed by atoms with Gasteiger partial charge in [0.1, 0.15) is 17.7 Å². The number of aliphatic imine (C=N–C) groups is 1. The molecule has 2 aromatic rings. The second-order valence-electron chi connectivity index (χ2n) is 6.97. The lowest BCUT2D eigenvalue weighted by Gasteiger charge is -2.34. The van der Waals surface area contributed by atoms with E-state index in [1.807, 2.05) is 56.7 Å². The second-order valence-corrected chi connectivity index (χ2v) is 6.97. The van der Waals surface area contributed by atoms with Crippen LogP contribution in [0.15, 0.2) is 47.7 Å². The number of benzene rings is 1. The van der Waals surface area contributed by atoms with E-state index in [2.05, 4.69) is 24.8 Å². The van der Waals surface area contributed by atoms with Crippen LogP contribution >= 0.6 is 24.0 Å². The third-order valence-corrected chi connectivity index (χ3v) is 5.03. The second kappa shape index (κ2) is 11.9. The third-order valence-electron chi connectivity index (χ3n) is 5.03. The monoisotopic (exact) mass is 497 g/mol. The molecule has 1 fully saturated rings. The molecule has 154 valence electrons. The number of ether oxygens (including phenoxy) is 1. The third kappa shape index (κ3) is 6.68. The fourth-order valence-corrected chi connectivity index (χ4v) is 3.46. The van der Waals surface area contributed by atoms with Gasteiger partial charge in [0.25, 0.3) is 0 Å². The molecule has 1 aliphatic heterocycles. The Hall–Kier alpha value is -1.77. The topological polar surface area (TPSA) is 54.7 Å². The summed E-state index contributed by atoms with van der Waals surface area (Å²) >= 11 is 0. The summed E-state index contributed by atoms with van der Waals surface area (Å²) in [5.74, 6) is 3.05. The molecule has 0 atom stereocenters. The standard InChI is InChI=1S/C21H31N5O.HI/c1-18-23-13-17-25(18)14-7-6-12-24-21(22-2)26-15-10-20(11-16-26)27-19-8-4-3-5-9-19;/h3-5,8-9,13,17,20H,6-7,10-12,14-16H2,1-2H3,(H,22,24);1H. The van der Waals surface area contributed by atoms with Gasteiger partial charge in [-0.3, -0.25) is 4.99 Å². The van der Waals surface area contributed by atoms with Gasteiger partial charge in [-0.1, -0.05) is 18.2 Å². The maximum atomic E-state index is 6.08. The molecule has 1 aromatic heterocycles. The molecule has 0 bridgehead atoms. The number of guanidine groups is 1. The van der Waals surface area contributed by atoms with Crippen LogP contribution in [0.25, 0.3) is 0 Å². The van der Waals surface area contributed by atoms with E-state index in [1.165, 1.54) is 0 Å². The van der Waals surface area contributed by atoms with Crippen LogP contribution in [-0.2, 0) is 6.54 Å². The van der Waals surface area contributed by atoms with Crippen molar-refractivity contribution in [2.45, 2.75) is 45.3 Å². The lowest BCUT2D eigenvalue weighted by atomic mass is 10.1. The molecule has 0 aliphatic carbocycles. The van der Waals surface area contributed by atoms with E-state index < -0.39 is 0 Å². The van der Waals surface area contributed by atoms with Crippen LogP contribution in [0.4, 0.5) is 0 Å². The average Bonchev–Trinajstić information content (AvgIpc) is 3.11. The van der Waals surface area contributed by atoms with Gasteiger partial charge in [0.15, 0.2) is 5.96 Å². The molecular weight excluding hydrogens is 465 g/mol. The highest BCUT2D eigenvalue weighted by atomic mass is 127. The maximum absolute atomic E-state index is 6.08. The first-order chi connectivity index (χ1) is 13.3. The van der Waals surface area contributed by atoms with Crippen LogP contribution in [0.3, 0.4) is 0 Å². The molecule has 1 aromatic carbocycles. The highest BCUT2D eigenvalue weighted by molar-refractivity contribution is 14.0. The van der Waals surface area contributed by atoms with Crippen molar-refractivity contribution in [2.24, 2.45) is 4.99 Å². The molecular formula is C21H32IN5O. The van der Waals surface area contributed by atoms with Crippen molar-refractivity contribution in [1.82, 2.24) is 19.8 Å². The Morgan fingerprint density at radius 3 is 2.61 bits per heavy atom. The minimum Gasteiger partial charge on any atom is -0.490 e. The fraction of sp³-hybridized carbons (Fsp3) is 0.524. The summed E-state index contributed by atoms with van der Waals surface area (Å²) in [7, 11) is 1.86. The number of unbranched alkanes of at least 4 members (excludes halogenated alkanes) is 1. The SMILES string of the molecule is CN=C(NCCCCn1ccnc1C)N1CCC(Oc2ccccc2)CC1.I. The van der Waals surface area contributed by atoms with Gasteiger partial charge in [0.2, 0.25) is 0 Å². The normalized spacial score (nSPS) is 15.2. The minimum absolute atomic E-state index is 0. The summed E-state index contributed by atoms with van der Waals surface area (Å²) in [6.45, 7) is 5.97. The number of para-hydroxylation sites is 1. The van der Waals surface area contributed by atoms with Crippen LogP contribution in [0.5, 0.6) is 5.75 Å². The van der Waals surface area contributed by atoms with Crippen LogP contribution in [0, 0.1) is 6.92 Å². The Balaban J connectivity index is 0.00000280. The van der Waals surface area contributed by atoms with E-state index in [4.69, 9.17) is 4.74 Å². The number of halogens is 1. The smallest absolute Gasteiger partial charge is 0.193 e. The molecule has 0 radical (unpaired) electrons. The predicted octanol–water partition coefficient (Wildman–Crippen LogP) is 3.71. The number of nitrogens with one attached hydrogen (secondary N) is 1. The van der Waals surface area contributed by atoms with Crippen molar-refractivity contribution in [3.8, 4) is 5.75 Å². The molecule has 3 rings (SSSR count). The predicted molar refractivity (Wildman–Crippen MR) is 125 cm³/mol.